The zero-order valence-electron chi connectivity index (χ0n) is 41.3. The summed E-state index contributed by atoms with van der Waals surface area (Å²) in [6.45, 7) is 8.54. The second-order valence-corrected chi connectivity index (χ2v) is 19.9. The van der Waals surface area contributed by atoms with Crippen LogP contribution in [-0.4, -0.2) is 46.1 Å². The van der Waals surface area contributed by atoms with Gasteiger partial charge in [0.15, 0.2) is 17.0 Å². The van der Waals surface area contributed by atoms with Crippen molar-refractivity contribution < 1.29 is 9.47 Å². The van der Waals surface area contributed by atoms with Crippen LogP contribution in [0, 0.1) is 13.8 Å². The van der Waals surface area contributed by atoms with E-state index in [4.69, 9.17) is 31.0 Å². The van der Waals surface area contributed by atoms with Gasteiger partial charge in [0, 0.05) is 93.0 Å². The summed E-state index contributed by atoms with van der Waals surface area (Å²) in [4.78, 5) is 23.6. The number of hydrogen-bond donors (Lipinski definition) is 0. The van der Waals surface area contributed by atoms with Crippen LogP contribution in [0.25, 0.3) is 45.3 Å². The molecule has 6 heterocycles. The molecule has 2 fully saturated rings. The molecule has 9 aromatic rings. The summed E-state index contributed by atoms with van der Waals surface area (Å²) < 4.78 is 13.9. The van der Waals surface area contributed by atoms with Crippen LogP contribution in [0.15, 0.2) is 176 Å². The van der Waals surface area contributed by atoms with Gasteiger partial charge in [-0.3, -0.25) is 0 Å². The predicted octanol–water partition coefficient (Wildman–Crippen LogP) is 14.9. The Morgan fingerprint density at radius 3 is 1.30 bits per heavy atom. The first-order valence-electron chi connectivity index (χ1n) is 25.8. The maximum absolute atomic E-state index is 7.00. The number of anilines is 2. The Morgan fingerprint density at radius 2 is 0.836 bits per heavy atom. The fourth-order valence-electron chi connectivity index (χ4n) is 11.3. The zero-order valence-corrected chi connectivity index (χ0v) is 42.1. The van der Waals surface area contributed by atoms with Gasteiger partial charge in [-0.15, -0.1) is 0 Å². The number of benzene rings is 7. The molecule has 0 spiro atoms. The summed E-state index contributed by atoms with van der Waals surface area (Å²) >= 11 is 6.11. The number of aryl methyl sites for hydroxylation is 2. The van der Waals surface area contributed by atoms with Crippen molar-refractivity contribution >= 4 is 56.9 Å². The zero-order chi connectivity index (χ0) is 49.4. The number of halogens is 1. The molecule has 9 heteroatoms. The fraction of sp³-hybridized carbons (Fsp3) is 0.219. The molecule has 4 aliphatic rings. The van der Waals surface area contributed by atoms with Crippen LogP contribution in [-0.2, 0) is 11.2 Å². The first-order chi connectivity index (χ1) is 35.8. The molecule has 13 rings (SSSR count). The summed E-state index contributed by atoms with van der Waals surface area (Å²) in [5, 5.41) is 2.27. The van der Waals surface area contributed by atoms with Gasteiger partial charge in [0.25, 0.3) is 0 Å². The normalized spacial score (nSPS) is 19.1. The van der Waals surface area contributed by atoms with E-state index in [9.17, 15) is 0 Å². The number of piperidine rings is 2. The molecule has 362 valence electrons. The lowest BCUT2D eigenvalue weighted by Gasteiger charge is -2.37. The minimum Gasteiger partial charge on any atom is -0.473 e. The molecule has 0 radical (unpaired) electrons. The van der Waals surface area contributed by atoms with E-state index in [1.807, 2.05) is 55.5 Å². The van der Waals surface area contributed by atoms with Gasteiger partial charge in [0.1, 0.15) is 11.5 Å². The minimum atomic E-state index is -0.721. The second kappa shape index (κ2) is 19.7. The van der Waals surface area contributed by atoms with Gasteiger partial charge >= 0.3 is 0 Å². The quantitative estimate of drug-likeness (QED) is 0.146. The number of rotatable bonds is 7. The molecule has 7 aromatic carbocycles. The van der Waals surface area contributed by atoms with Crippen LogP contribution in [0.2, 0.25) is 5.28 Å². The maximum atomic E-state index is 7.00. The number of hydrogen-bond acceptors (Lipinski definition) is 8. The summed E-state index contributed by atoms with van der Waals surface area (Å²) in [6.07, 6.45) is 16.4. The highest BCUT2D eigenvalue weighted by Gasteiger charge is 2.39. The Balaban J connectivity index is 0.000000150. The average molecular weight is 978 g/mol. The number of aromatic nitrogens is 4. The fourth-order valence-corrected chi connectivity index (χ4v) is 11.5. The first-order valence-corrected chi connectivity index (χ1v) is 26.2. The largest absolute Gasteiger partial charge is 0.473 e. The third-order valence-electron chi connectivity index (χ3n) is 15.0. The van der Waals surface area contributed by atoms with Gasteiger partial charge in [-0.05, 0) is 137 Å². The Bertz CT molecular complexity index is 3500. The van der Waals surface area contributed by atoms with Crippen molar-refractivity contribution in [2.45, 2.75) is 63.6 Å². The van der Waals surface area contributed by atoms with Crippen LogP contribution in [0.4, 0.5) is 11.4 Å². The molecule has 0 amide bonds. The first kappa shape index (κ1) is 46.3. The molecule has 0 bridgehead atoms. The van der Waals surface area contributed by atoms with Crippen molar-refractivity contribution in [3.05, 3.63) is 226 Å². The minimum absolute atomic E-state index is 0.262. The van der Waals surface area contributed by atoms with E-state index < -0.39 is 11.2 Å². The Kier molecular flexibility index (Phi) is 12.5. The van der Waals surface area contributed by atoms with Crippen molar-refractivity contribution in [2.75, 3.05) is 36.0 Å². The maximum Gasteiger partial charge on any atom is 0.223 e. The average Bonchev–Trinajstić information content (AvgIpc) is 3.46. The highest BCUT2D eigenvalue weighted by molar-refractivity contribution is 6.28. The van der Waals surface area contributed by atoms with E-state index in [2.05, 4.69) is 166 Å². The summed E-state index contributed by atoms with van der Waals surface area (Å²) in [6, 6.07) is 57.0. The Labute approximate surface area is 432 Å². The van der Waals surface area contributed by atoms with Crippen LogP contribution in [0.5, 0.6) is 11.5 Å². The molecule has 0 N–H and O–H groups in total. The Hall–Kier alpha value is -7.81. The van der Waals surface area contributed by atoms with E-state index in [1.165, 1.54) is 49.9 Å². The Morgan fingerprint density at radius 1 is 0.425 bits per heavy atom. The second-order valence-electron chi connectivity index (χ2n) is 19.6. The monoisotopic (exact) mass is 976 g/mol. The number of ether oxygens (including phenoxy) is 2. The molecular weight excluding hydrogens is 920 g/mol. The predicted molar refractivity (Wildman–Crippen MR) is 298 cm³/mol. The van der Waals surface area contributed by atoms with Crippen molar-refractivity contribution in [1.29, 1.82) is 0 Å². The molecule has 0 aliphatic carbocycles. The van der Waals surface area contributed by atoms with Crippen molar-refractivity contribution in [3.8, 4) is 22.9 Å². The van der Waals surface area contributed by atoms with Crippen molar-refractivity contribution in [2.24, 2.45) is 0 Å². The van der Waals surface area contributed by atoms with Gasteiger partial charge in [0.05, 0.1) is 16.7 Å². The molecule has 2 aromatic heterocycles. The molecule has 2 saturated heterocycles. The molecule has 73 heavy (non-hydrogen) atoms. The SMILES string of the molecule is Cc1nc(-c2ccccc2)nc2ccc3c(c12)C=CC(c1ccccc1)(c1ccc(N2CCCCC2)cc1)O3.Cc1nc(Cl)nc2ccc3c(c12)C=CC(c1ccccc1)(c1ccc(N2CCCCC2)cc1)O3. The van der Waals surface area contributed by atoms with Crippen LogP contribution in [0.1, 0.15) is 83.3 Å². The summed E-state index contributed by atoms with van der Waals surface area (Å²) in [5.41, 5.74) is 12.1. The third-order valence-corrected chi connectivity index (χ3v) is 15.2. The van der Waals surface area contributed by atoms with Gasteiger partial charge in [-0.2, -0.15) is 0 Å². The number of nitrogens with zero attached hydrogens (tertiary/aromatic N) is 6. The van der Waals surface area contributed by atoms with E-state index in [0.717, 1.165) is 116 Å². The van der Waals surface area contributed by atoms with Gasteiger partial charge in [-0.1, -0.05) is 115 Å². The highest BCUT2D eigenvalue weighted by Crippen LogP contribution is 2.47. The summed E-state index contributed by atoms with van der Waals surface area (Å²) in [7, 11) is 0. The van der Waals surface area contributed by atoms with E-state index in [1.54, 1.807) is 0 Å². The topological polar surface area (TPSA) is 76.5 Å². The molecular formula is C64H57ClN6O2. The van der Waals surface area contributed by atoms with Gasteiger partial charge in [0.2, 0.25) is 5.28 Å². The van der Waals surface area contributed by atoms with E-state index in [0.29, 0.717) is 0 Å². The lowest BCUT2D eigenvalue weighted by atomic mass is 9.83. The van der Waals surface area contributed by atoms with Crippen molar-refractivity contribution in [3.63, 3.8) is 0 Å². The van der Waals surface area contributed by atoms with E-state index in [-0.39, 0.29) is 5.28 Å². The standard InChI is InChI=1S/C35H31N3O.C29H26ClN3O/c1-25-33-30-21-22-35(27-13-7-3-8-14-27,28-15-17-29(18-16-28)38-23-9-4-10-24-38)39-32(30)20-19-31(33)37-34(36-25)26-11-5-2-6-12-26;1-20-27-24-16-17-29(21-8-4-2-5-9-21,34-26(24)15-14-25(27)32-28(30)31-20)22-10-12-23(13-11-22)33-18-6-3-7-19-33/h2-3,5-8,11-22H,4,9-10,23-24H2,1H3;2,4-5,8-17H,3,6-7,18-19H2,1H3. The molecule has 2 atom stereocenters. The molecule has 0 saturated carbocycles. The third kappa shape index (κ3) is 8.78. The van der Waals surface area contributed by atoms with Crippen molar-refractivity contribution in [1.82, 2.24) is 19.9 Å². The number of fused-ring (bicyclic) bond motifs is 6. The lowest BCUT2D eigenvalue weighted by Crippen LogP contribution is -2.34. The summed E-state index contributed by atoms with van der Waals surface area (Å²) in [5.74, 6) is 2.40. The van der Waals surface area contributed by atoms with E-state index >= 15 is 0 Å². The van der Waals surface area contributed by atoms with Gasteiger partial charge < -0.3 is 19.3 Å². The van der Waals surface area contributed by atoms with Gasteiger partial charge in [-0.25, -0.2) is 19.9 Å². The molecule has 8 nitrogen and oxygen atoms in total. The lowest BCUT2D eigenvalue weighted by molar-refractivity contribution is 0.161. The van der Waals surface area contributed by atoms with Crippen LogP contribution < -0.4 is 19.3 Å². The van der Waals surface area contributed by atoms with Crippen LogP contribution >= 0.6 is 11.6 Å². The smallest absolute Gasteiger partial charge is 0.223 e. The molecule has 2 unspecified atom stereocenters. The highest BCUT2D eigenvalue weighted by atomic mass is 35.5. The van der Waals surface area contributed by atoms with Crippen LogP contribution in [0.3, 0.4) is 0 Å². The molecule has 4 aliphatic heterocycles.